The van der Waals surface area contributed by atoms with Gasteiger partial charge in [0.25, 0.3) is 0 Å². The summed E-state index contributed by atoms with van der Waals surface area (Å²) in [7, 11) is 5.04. The lowest BCUT2D eigenvalue weighted by Crippen LogP contribution is -2.18. The Labute approximate surface area is 150 Å². The van der Waals surface area contributed by atoms with Crippen molar-refractivity contribution in [2.75, 3.05) is 21.3 Å². The van der Waals surface area contributed by atoms with Crippen LogP contribution in [0.15, 0.2) is 36.4 Å². The summed E-state index contributed by atoms with van der Waals surface area (Å²) < 4.78 is 16.4. The Kier molecular flexibility index (Phi) is 7.89. The highest BCUT2D eigenvalue weighted by Crippen LogP contribution is 2.31. The molecular formula is C19H26ClNO3. The average Bonchev–Trinajstić information content (AvgIpc) is 2.55. The summed E-state index contributed by atoms with van der Waals surface area (Å²) in [4.78, 5) is 0. The molecule has 24 heavy (non-hydrogen) atoms. The van der Waals surface area contributed by atoms with Gasteiger partial charge in [0, 0.05) is 18.0 Å². The van der Waals surface area contributed by atoms with Crippen LogP contribution in [0, 0.1) is 0 Å². The highest BCUT2D eigenvalue weighted by Gasteiger charge is 2.13. The van der Waals surface area contributed by atoms with E-state index in [9.17, 15) is 0 Å². The van der Waals surface area contributed by atoms with E-state index in [-0.39, 0.29) is 18.4 Å². The fourth-order valence-electron chi connectivity index (χ4n) is 2.67. The van der Waals surface area contributed by atoms with Gasteiger partial charge < -0.3 is 19.9 Å². The van der Waals surface area contributed by atoms with E-state index < -0.39 is 0 Å². The summed E-state index contributed by atoms with van der Waals surface area (Å²) in [6.07, 6.45) is 1.49. The van der Waals surface area contributed by atoms with Gasteiger partial charge in [0.2, 0.25) is 0 Å². The summed E-state index contributed by atoms with van der Waals surface area (Å²) in [6, 6.07) is 12.2. The third-order valence-electron chi connectivity index (χ3n) is 3.75. The number of benzene rings is 2. The maximum atomic E-state index is 5.92. The summed E-state index contributed by atoms with van der Waals surface area (Å²) in [6.45, 7) is 1.98. The molecule has 0 radical (unpaired) electrons. The first-order valence-electron chi connectivity index (χ1n) is 7.69. The van der Waals surface area contributed by atoms with Crippen LogP contribution in [0.4, 0.5) is 0 Å². The van der Waals surface area contributed by atoms with Crippen LogP contribution in [0.1, 0.15) is 23.6 Å². The fraction of sp³-hybridized carbons (Fsp3) is 0.368. The van der Waals surface area contributed by atoms with Crippen molar-refractivity contribution in [2.24, 2.45) is 5.73 Å². The number of hydrogen-bond acceptors (Lipinski definition) is 4. The SMILES string of the molecule is COc1cccc(Cc2cc(OC)c(C[C@@H](C)N)cc2OC)c1.Cl. The van der Waals surface area contributed by atoms with Crippen molar-refractivity contribution in [1.82, 2.24) is 0 Å². The third kappa shape index (κ3) is 5.05. The van der Waals surface area contributed by atoms with Crippen molar-refractivity contribution < 1.29 is 14.2 Å². The van der Waals surface area contributed by atoms with Crippen molar-refractivity contribution in [3.63, 3.8) is 0 Å². The van der Waals surface area contributed by atoms with Crippen LogP contribution >= 0.6 is 12.4 Å². The molecule has 0 aliphatic carbocycles. The van der Waals surface area contributed by atoms with E-state index in [0.29, 0.717) is 0 Å². The Morgan fingerprint density at radius 2 is 1.54 bits per heavy atom. The maximum Gasteiger partial charge on any atom is 0.122 e. The molecule has 5 heteroatoms. The second kappa shape index (κ2) is 9.40. The van der Waals surface area contributed by atoms with Gasteiger partial charge in [-0.2, -0.15) is 0 Å². The molecule has 2 aromatic carbocycles. The first kappa shape index (κ1) is 20.1. The van der Waals surface area contributed by atoms with Gasteiger partial charge in [-0.1, -0.05) is 12.1 Å². The van der Waals surface area contributed by atoms with Gasteiger partial charge in [0.1, 0.15) is 17.2 Å². The molecule has 0 saturated carbocycles. The van der Waals surface area contributed by atoms with E-state index in [0.717, 1.165) is 46.8 Å². The monoisotopic (exact) mass is 351 g/mol. The Balaban J connectivity index is 0.00000288. The Morgan fingerprint density at radius 3 is 2.12 bits per heavy atom. The van der Waals surface area contributed by atoms with Gasteiger partial charge in [-0.05, 0) is 48.7 Å². The van der Waals surface area contributed by atoms with Crippen LogP contribution in [0.2, 0.25) is 0 Å². The minimum absolute atomic E-state index is 0. The van der Waals surface area contributed by atoms with Crippen molar-refractivity contribution in [3.05, 3.63) is 53.1 Å². The highest BCUT2D eigenvalue weighted by molar-refractivity contribution is 5.85. The smallest absolute Gasteiger partial charge is 0.122 e. The lowest BCUT2D eigenvalue weighted by atomic mass is 9.98. The molecule has 0 unspecified atom stereocenters. The topological polar surface area (TPSA) is 53.7 Å². The predicted molar refractivity (Wildman–Crippen MR) is 99.9 cm³/mol. The van der Waals surface area contributed by atoms with E-state index in [4.69, 9.17) is 19.9 Å². The normalized spacial score (nSPS) is 11.4. The zero-order valence-electron chi connectivity index (χ0n) is 14.7. The Bertz CT molecular complexity index is 659. The molecule has 1 atom stereocenters. The van der Waals surface area contributed by atoms with Crippen LogP contribution < -0.4 is 19.9 Å². The van der Waals surface area contributed by atoms with E-state index in [1.54, 1.807) is 21.3 Å². The number of nitrogens with two attached hydrogens (primary N) is 1. The van der Waals surface area contributed by atoms with E-state index in [1.165, 1.54) is 0 Å². The van der Waals surface area contributed by atoms with Crippen LogP contribution in [-0.4, -0.2) is 27.4 Å². The second-order valence-corrected chi connectivity index (χ2v) is 5.69. The molecule has 0 heterocycles. The highest BCUT2D eigenvalue weighted by atomic mass is 35.5. The van der Waals surface area contributed by atoms with Crippen LogP contribution in [0.25, 0.3) is 0 Å². The van der Waals surface area contributed by atoms with Crippen molar-refractivity contribution in [3.8, 4) is 17.2 Å². The lowest BCUT2D eigenvalue weighted by molar-refractivity contribution is 0.394. The minimum atomic E-state index is 0. The molecule has 0 bridgehead atoms. The Hall–Kier alpha value is -1.91. The van der Waals surface area contributed by atoms with E-state index >= 15 is 0 Å². The van der Waals surface area contributed by atoms with Gasteiger partial charge in [0.15, 0.2) is 0 Å². The van der Waals surface area contributed by atoms with Gasteiger partial charge in [-0.25, -0.2) is 0 Å². The molecule has 0 saturated heterocycles. The lowest BCUT2D eigenvalue weighted by Gasteiger charge is -2.16. The molecule has 0 aromatic heterocycles. The van der Waals surface area contributed by atoms with Crippen molar-refractivity contribution in [2.45, 2.75) is 25.8 Å². The largest absolute Gasteiger partial charge is 0.497 e. The average molecular weight is 352 g/mol. The maximum absolute atomic E-state index is 5.92. The van der Waals surface area contributed by atoms with Gasteiger partial charge in [-0.3, -0.25) is 0 Å². The first-order chi connectivity index (χ1) is 11.1. The molecule has 2 N–H and O–H groups in total. The molecule has 0 fully saturated rings. The zero-order chi connectivity index (χ0) is 16.8. The molecular weight excluding hydrogens is 326 g/mol. The quantitative estimate of drug-likeness (QED) is 0.827. The molecule has 0 spiro atoms. The van der Waals surface area contributed by atoms with Gasteiger partial charge >= 0.3 is 0 Å². The predicted octanol–water partition coefficient (Wildman–Crippen LogP) is 3.61. The van der Waals surface area contributed by atoms with Crippen molar-refractivity contribution in [1.29, 1.82) is 0 Å². The number of ether oxygens (including phenoxy) is 3. The minimum Gasteiger partial charge on any atom is -0.497 e. The molecule has 132 valence electrons. The van der Waals surface area contributed by atoms with Crippen LogP contribution in [0.5, 0.6) is 17.2 Å². The standard InChI is InChI=1S/C19H25NO3.ClH/c1-13(20)8-15-11-19(23-4)16(12-18(15)22-3)9-14-6-5-7-17(10-14)21-2;/h5-7,10-13H,8-9,20H2,1-4H3;1H/t13-;/m1./s1. The number of hydrogen-bond donors (Lipinski definition) is 1. The summed E-state index contributed by atoms with van der Waals surface area (Å²) >= 11 is 0. The fourth-order valence-corrected chi connectivity index (χ4v) is 2.67. The van der Waals surface area contributed by atoms with Crippen molar-refractivity contribution >= 4 is 12.4 Å². The number of rotatable bonds is 7. The molecule has 2 aromatic rings. The molecule has 2 rings (SSSR count). The number of halogens is 1. The van der Waals surface area contributed by atoms with Crippen LogP contribution in [-0.2, 0) is 12.8 Å². The first-order valence-corrected chi connectivity index (χ1v) is 7.69. The van der Waals surface area contributed by atoms with E-state index in [1.807, 2.05) is 37.3 Å². The third-order valence-corrected chi connectivity index (χ3v) is 3.75. The van der Waals surface area contributed by atoms with Gasteiger partial charge in [0.05, 0.1) is 21.3 Å². The molecule has 0 aliphatic heterocycles. The zero-order valence-corrected chi connectivity index (χ0v) is 15.5. The summed E-state index contributed by atoms with van der Waals surface area (Å²) in [5.41, 5.74) is 9.22. The summed E-state index contributed by atoms with van der Waals surface area (Å²) in [5.74, 6) is 2.55. The van der Waals surface area contributed by atoms with Crippen LogP contribution in [0.3, 0.4) is 0 Å². The second-order valence-electron chi connectivity index (χ2n) is 5.69. The molecule has 0 amide bonds. The van der Waals surface area contributed by atoms with Gasteiger partial charge in [-0.15, -0.1) is 12.4 Å². The number of methoxy groups -OCH3 is 3. The Morgan fingerprint density at radius 1 is 0.917 bits per heavy atom. The van der Waals surface area contributed by atoms with E-state index in [2.05, 4.69) is 6.07 Å². The molecule has 4 nitrogen and oxygen atoms in total. The molecule has 0 aliphatic rings. The summed E-state index contributed by atoms with van der Waals surface area (Å²) in [5, 5.41) is 0.